The molecule has 0 fully saturated rings. The number of rotatable bonds is 6. The molecule has 0 rings (SSSR count). The standard InChI is InChI=1S/2C8H17.Al.H/c2*1-7(2)6-8(3,4)5;;/h2*7H,1,6H2,2-5H3;;. The first-order chi connectivity index (χ1) is 7.49. The molecular formula is C16H35Al. The van der Waals surface area contributed by atoms with Crippen LogP contribution < -0.4 is 0 Å². The smallest absolute Gasteiger partial charge is 0.0948 e. The van der Waals surface area contributed by atoms with Crippen molar-refractivity contribution in [3.8, 4) is 0 Å². The van der Waals surface area contributed by atoms with E-state index in [9.17, 15) is 0 Å². The van der Waals surface area contributed by atoms with Crippen LogP contribution in [0.5, 0.6) is 0 Å². The van der Waals surface area contributed by atoms with Crippen molar-refractivity contribution < 1.29 is 0 Å². The molecule has 0 aliphatic heterocycles. The Kier molecular flexibility index (Phi) is 7.43. The minimum Gasteiger partial charge on any atom is -0.0948 e. The fourth-order valence-electron chi connectivity index (χ4n) is 3.11. The molecule has 1 heteroatoms. The Morgan fingerprint density at radius 1 is 0.706 bits per heavy atom. The highest BCUT2D eigenvalue weighted by Gasteiger charge is 2.18. The van der Waals surface area contributed by atoms with E-state index in [1.807, 2.05) is 0 Å². The molecule has 0 aliphatic rings. The summed E-state index contributed by atoms with van der Waals surface area (Å²) in [7, 11) is 0. The van der Waals surface area contributed by atoms with Gasteiger partial charge in [0.15, 0.2) is 0 Å². The van der Waals surface area contributed by atoms with E-state index < -0.39 is 0 Å². The van der Waals surface area contributed by atoms with Crippen molar-refractivity contribution >= 4 is 15.2 Å². The van der Waals surface area contributed by atoms with Gasteiger partial charge < -0.3 is 0 Å². The summed E-state index contributed by atoms with van der Waals surface area (Å²) in [5.74, 6) is 1.90. The second kappa shape index (κ2) is 7.20. The maximum atomic E-state index is 2.45. The molecule has 2 unspecified atom stereocenters. The van der Waals surface area contributed by atoms with Crippen molar-refractivity contribution in [3.63, 3.8) is 0 Å². The van der Waals surface area contributed by atoms with E-state index in [0.717, 1.165) is 11.8 Å². The molecule has 0 radical (unpaired) electrons. The average Bonchev–Trinajstić information content (AvgIpc) is 1.95. The summed E-state index contributed by atoms with van der Waals surface area (Å²) in [5, 5.41) is 3.09. The third kappa shape index (κ3) is 12.8. The molecule has 0 spiro atoms. The summed E-state index contributed by atoms with van der Waals surface area (Å²) in [6, 6.07) is 0. The van der Waals surface area contributed by atoms with Crippen molar-refractivity contribution in [2.75, 3.05) is 0 Å². The van der Waals surface area contributed by atoms with Gasteiger partial charge in [0.1, 0.15) is 0 Å². The molecule has 0 nitrogen and oxygen atoms in total. The SMILES string of the molecule is CC([CH2][AlH][CH2]C(C)CC(C)(C)C)CC(C)(C)C. The minimum atomic E-state index is 0.178. The van der Waals surface area contributed by atoms with Gasteiger partial charge in [-0.05, 0) is 23.7 Å². The number of hydrogen-bond donors (Lipinski definition) is 0. The summed E-state index contributed by atoms with van der Waals surface area (Å²) < 4.78 is 0. The molecule has 2 atom stereocenters. The van der Waals surface area contributed by atoms with Crippen molar-refractivity contribution in [3.05, 3.63) is 0 Å². The maximum Gasteiger partial charge on any atom is 0.237 e. The average molecular weight is 254 g/mol. The topological polar surface area (TPSA) is 0 Å². The van der Waals surface area contributed by atoms with E-state index in [1.165, 1.54) is 12.8 Å². The van der Waals surface area contributed by atoms with Crippen LogP contribution in [0.1, 0.15) is 68.2 Å². The van der Waals surface area contributed by atoms with Gasteiger partial charge in [-0.2, -0.15) is 0 Å². The Bertz CT molecular complexity index is 173. The van der Waals surface area contributed by atoms with E-state index >= 15 is 0 Å². The van der Waals surface area contributed by atoms with Crippen LogP contribution in [0.25, 0.3) is 0 Å². The second-order valence-corrected chi connectivity index (χ2v) is 10.5. The van der Waals surface area contributed by atoms with E-state index in [1.54, 1.807) is 10.6 Å². The van der Waals surface area contributed by atoms with Gasteiger partial charge in [-0.15, -0.1) is 0 Å². The van der Waals surface area contributed by atoms with Crippen LogP contribution in [0.2, 0.25) is 10.6 Å². The third-order valence-electron chi connectivity index (χ3n) is 3.32. The molecule has 0 bridgehead atoms. The van der Waals surface area contributed by atoms with Gasteiger partial charge in [0.2, 0.25) is 15.2 Å². The minimum absolute atomic E-state index is 0.178. The summed E-state index contributed by atoms with van der Waals surface area (Å²) in [4.78, 5) is 0. The fourth-order valence-corrected chi connectivity index (χ4v) is 5.15. The van der Waals surface area contributed by atoms with Crippen LogP contribution >= 0.6 is 0 Å². The zero-order valence-electron chi connectivity index (χ0n) is 13.7. The molecule has 0 aliphatic carbocycles. The molecule has 0 aromatic carbocycles. The van der Waals surface area contributed by atoms with Crippen LogP contribution in [0.15, 0.2) is 0 Å². The summed E-state index contributed by atoms with van der Waals surface area (Å²) in [5.41, 5.74) is 1.04. The number of hydrogen-bond acceptors (Lipinski definition) is 0. The van der Waals surface area contributed by atoms with Gasteiger partial charge in [0, 0.05) is 0 Å². The first kappa shape index (κ1) is 17.5. The van der Waals surface area contributed by atoms with Crippen molar-refractivity contribution in [2.45, 2.75) is 78.8 Å². The van der Waals surface area contributed by atoms with Crippen molar-refractivity contribution in [2.24, 2.45) is 22.7 Å². The zero-order chi connectivity index (χ0) is 13.7. The van der Waals surface area contributed by atoms with E-state index in [2.05, 4.69) is 55.4 Å². The van der Waals surface area contributed by atoms with Gasteiger partial charge >= 0.3 is 0 Å². The van der Waals surface area contributed by atoms with Gasteiger partial charge in [-0.3, -0.25) is 0 Å². The van der Waals surface area contributed by atoms with Crippen LogP contribution in [0.3, 0.4) is 0 Å². The Morgan fingerprint density at radius 2 is 1.00 bits per heavy atom. The molecule has 0 saturated heterocycles. The molecular weight excluding hydrogens is 219 g/mol. The molecule has 0 aromatic heterocycles. The van der Waals surface area contributed by atoms with Gasteiger partial charge in [-0.25, -0.2) is 0 Å². The normalized spacial score (nSPS) is 16.7. The lowest BCUT2D eigenvalue weighted by Gasteiger charge is -2.25. The summed E-state index contributed by atoms with van der Waals surface area (Å²) in [6.45, 7) is 19.1. The molecule has 0 saturated carbocycles. The fraction of sp³-hybridized carbons (Fsp3) is 1.00. The third-order valence-corrected chi connectivity index (χ3v) is 6.10. The molecule has 0 aromatic rings. The van der Waals surface area contributed by atoms with Crippen LogP contribution in [0, 0.1) is 22.7 Å². The molecule has 102 valence electrons. The highest BCUT2D eigenvalue weighted by Crippen LogP contribution is 2.28. The predicted octanol–water partition coefficient (Wildman–Crippen LogP) is 5.40. The quantitative estimate of drug-likeness (QED) is 0.556. The molecule has 0 amide bonds. The van der Waals surface area contributed by atoms with Crippen LogP contribution in [-0.4, -0.2) is 15.2 Å². The Labute approximate surface area is 117 Å². The first-order valence-corrected chi connectivity index (χ1v) is 9.49. The maximum absolute atomic E-state index is 2.45. The summed E-state index contributed by atoms with van der Waals surface area (Å²) in [6.07, 6.45) is 2.79. The Morgan fingerprint density at radius 3 is 1.24 bits per heavy atom. The van der Waals surface area contributed by atoms with Crippen molar-refractivity contribution in [1.82, 2.24) is 0 Å². The second-order valence-electron chi connectivity index (χ2n) is 8.67. The van der Waals surface area contributed by atoms with E-state index in [-0.39, 0.29) is 15.2 Å². The van der Waals surface area contributed by atoms with Gasteiger partial charge in [0.05, 0.1) is 0 Å². The molecule has 0 N–H and O–H groups in total. The van der Waals surface area contributed by atoms with Gasteiger partial charge in [-0.1, -0.05) is 77.8 Å². The van der Waals surface area contributed by atoms with Crippen LogP contribution in [0.4, 0.5) is 0 Å². The lowest BCUT2D eigenvalue weighted by molar-refractivity contribution is 0.315. The Balaban J connectivity index is 3.70. The Hall–Kier alpha value is 0.532. The van der Waals surface area contributed by atoms with E-state index in [4.69, 9.17) is 0 Å². The molecule has 0 heterocycles. The van der Waals surface area contributed by atoms with Crippen molar-refractivity contribution in [1.29, 1.82) is 0 Å². The van der Waals surface area contributed by atoms with E-state index in [0.29, 0.717) is 10.8 Å². The monoisotopic (exact) mass is 254 g/mol. The van der Waals surface area contributed by atoms with Gasteiger partial charge in [0.25, 0.3) is 0 Å². The highest BCUT2D eigenvalue weighted by atomic mass is 27.1. The lowest BCUT2D eigenvalue weighted by Crippen LogP contribution is -2.15. The zero-order valence-corrected chi connectivity index (χ0v) is 15.1. The predicted molar refractivity (Wildman–Crippen MR) is 83.2 cm³/mol. The first-order valence-electron chi connectivity index (χ1n) is 7.49. The molecule has 17 heavy (non-hydrogen) atoms. The lowest BCUT2D eigenvalue weighted by atomic mass is 9.86. The van der Waals surface area contributed by atoms with Crippen LogP contribution in [-0.2, 0) is 0 Å². The largest absolute Gasteiger partial charge is 0.237 e. The summed E-state index contributed by atoms with van der Waals surface area (Å²) >= 11 is 0.178. The highest BCUT2D eigenvalue weighted by molar-refractivity contribution is 6.35.